The molecule has 0 spiro atoms. The molecule has 182 valence electrons. The van der Waals surface area contributed by atoms with Gasteiger partial charge < -0.3 is 9.88 Å². The molecule has 35 heavy (non-hydrogen) atoms. The monoisotopic (exact) mass is 509 g/mol. The zero-order chi connectivity index (χ0) is 24.6. The maximum atomic E-state index is 13.1. The number of nitrogens with one attached hydrogen (secondary N) is 1. The van der Waals surface area contributed by atoms with Gasteiger partial charge >= 0.3 is 0 Å². The third-order valence-electron chi connectivity index (χ3n) is 6.45. The number of H-pyrrole nitrogens is 1. The Hall–Kier alpha value is -3.11. The lowest BCUT2D eigenvalue weighted by atomic mass is 10.1. The van der Waals surface area contributed by atoms with E-state index in [4.69, 9.17) is 0 Å². The van der Waals surface area contributed by atoms with Crippen LogP contribution in [-0.4, -0.2) is 68.8 Å². The van der Waals surface area contributed by atoms with Crippen LogP contribution in [0.25, 0.3) is 28.0 Å². The molecule has 4 aromatic rings. The maximum absolute atomic E-state index is 13.1. The van der Waals surface area contributed by atoms with Gasteiger partial charge in [-0.05, 0) is 38.0 Å². The van der Waals surface area contributed by atoms with Crippen LogP contribution < -0.4 is 0 Å². The number of amides is 1. The number of fused-ring (bicyclic) bond motifs is 1. The summed E-state index contributed by atoms with van der Waals surface area (Å²) in [5.74, 6) is 0.946. The normalized spacial score (nSPS) is 17.1. The molecule has 1 aliphatic heterocycles. The minimum absolute atomic E-state index is 0.0430. The highest BCUT2D eigenvalue weighted by molar-refractivity contribution is 7.99. The van der Waals surface area contributed by atoms with E-state index in [2.05, 4.69) is 15.2 Å². The van der Waals surface area contributed by atoms with Crippen LogP contribution in [0.15, 0.2) is 59.9 Å². The average molecular weight is 510 g/mol. The molecule has 0 saturated carbocycles. The summed E-state index contributed by atoms with van der Waals surface area (Å²) in [4.78, 5) is 18.1. The van der Waals surface area contributed by atoms with Crippen molar-refractivity contribution in [2.45, 2.75) is 31.5 Å². The molecule has 2 aromatic carbocycles. The van der Waals surface area contributed by atoms with Crippen molar-refractivity contribution >= 4 is 38.4 Å². The molecule has 2 aromatic heterocycles. The zero-order valence-electron chi connectivity index (χ0n) is 19.6. The Bertz CT molecular complexity index is 1490. The summed E-state index contributed by atoms with van der Waals surface area (Å²) in [6, 6.07) is 15.8. The van der Waals surface area contributed by atoms with Gasteiger partial charge in [0.2, 0.25) is 5.91 Å². The van der Waals surface area contributed by atoms with Crippen LogP contribution in [0.1, 0.15) is 18.9 Å². The van der Waals surface area contributed by atoms with E-state index in [1.807, 2.05) is 73.1 Å². The van der Waals surface area contributed by atoms with Crippen LogP contribution in [0.2, 0.25) is 0 Å². The van der Waals surface area contributed by atoms with Crippen LogP contribution in [0.4, 0.5) is 0 Å². The molecule has 0 bridgehead atoms. The summed E-state index contributed by atoms with van der Waals surface area (Å²) in [6.07, 6.45) is 2.43. The van der Waals surface area contributed by atoms with Crippen molar-refractivity contribution in [3.05, 3.63) is 60.3 Å². The van der Waals surface area contributed by atoms with Gasteiger partial charge in [-0.2, -0.15) is 0 Å². The van der Waals surface area contributed by atoms with Gasteiger partial charge in [0.05, 0.1) is 22.9 Å². The number of sulfone groups is 1. The first kappa shape index (κ1) is 23.6. The van der Waals surface area contributed by atoms with E-state index >= 15 is 0 Å². The summed E-state index contributed by atoms with van der Waals surface area (Å²) >= 11 is 1.32. The maximum Gasteiger partial charge on any atom is 0.233 e. The van der Waals surface area contributed by atoms with Crippen LogP contribution in [-0.2, 0) is 14.6 Å². The standard InChI is InChI=1S/C25H27N5O3S2/c1-3-29(18-12-13-35(32,33)16-18)23(31)15-34-25-28-27-24(30(25)22-11-7-4-8-17(22)2)20-14-26-21-10-6-5-9-19(20)21/h4-11,14,18,26H,3,12-13,15-16H2,1-2H3. The fourth-order valence-electron chi connectivity index (χ4n) is 4.69. The fraction of sp³-hybridized carbons (Fsp3) is 0.320. The number of para-hydroxylation sites is 2. The zero-order valence-corrected chi connectivity index (χ0v) is 21.3. The molecule has 3 heterocycles. The summed E-state index contributed by atoms with van der Waals surface area (Å²) in [7, 11) is -3.07. The summed E-state index contributed by atoms with van der Waals surface area (Å²) in [6.45, 7) is 4.40. The van der Waals surface area contributed by atoms with E-state index in [-0.39, 0.29) is 29.2 Å². The van der Waals surface area contributed by atoms with E-state index < -0.39 is 9.84 Å². The van der Waals surface area contributed by atoms with Gasteiger partial charge in [-0.15, -0.1) is 10.2 Å². The van der Waals surface area contributed by atoms with Gasteiger partial charge in [-0.1, -0.05) is 48.2 Å². The summed E-state index contributed by atoms with van der Waals surface area (Å²) in [5, 5.41) is 10.7. The number of carbonyl (C=O) groups excluding carboxylic acids is 1. The van der Waals surface area contributed by atoms with Crippen LogP contribution in [0.5, 0.6) is 0 Å². The van der Waals surface area contributed by atoms with Gasteiger partial charge in [-0.3, -0.25) is 9.36 Å². The summed E-state index contributed by atoms with van der Waals surface area (Å²) < 4.78 is 25.9. The van der Waals surface area contributed by atoms with Crippen molar-refractivity contribution < 1.29 is 13.2 Å². The molecule has 1 atom stereocenters. The number of nitrogens with zero attached hydrogens (tertiary/aromatic N) is 4. The van der Waals surface area contributed by atoms with E-state index in [1.54, 1.807) is 4.90 Å². The largest absolute Gasteiger partial charge is 0.360 e. The van der Waals surface area contributed by atoms with Gasteiger partial charge in [0.25, 0.3) is 0 Å². The molecule has 10 heteroatoms. The molecule has 1 saturated heterocycles. The molecule has 8 nitrogen and oxygen atoms in total. The average Bonchev–Trinajstić information content (AvgIpc) is 3.55. The molecule has 0 aliphatic carbocycles. The molecular formula is C25H27N5O3S2. The number of aromatic nitrogens is 4. The quantitative estimate of drug-likeness (QED) is 0.380. The third kappa shape index (κ3) is 4.60. The van der Waals surface area contributed by atoms with E-state index in [9.17, 15) is 13.2 Å². The Labute approximate surface area is 208 Å². The lowest BCUT2D eigenvalue weighted by Gasteiger charge is -2.26. The third-order valence-corrected chi connectivity index (χ3v) is 9.12. The molecule has 5 rings (SSSR count). The topological polar surface area (TPSA) is 101 Å². The lowest BCUT2D eigenvalue weighted by molar-refractivity contribution is -0.129. The second kappa shape index (κ2) is 9.50. The van der Waals surface area contributed by atoms with Crippen molar-refractivity contribution in [2.75, 3.05) is 23.8 Å². The van der Waals surface area contributed by atoms with Crippen molar-refractivity contribution in [1.29, 1.82) is 0 Å². The molecule has 0 radical (unpaired) electrons. The Morgan fingerprint density at radius 2 is 1.94 bits per heavy atom. The molecule has 1 aliphatic rings. The van der Waals surface area contributed by atoms with Gasteiger partial charge in [0, 0.05) is 35.2 Å². The van der Waals surface area contributed by atoms with Crippen molar-refractivity contribution in [3.8, 4) is 17.1 Å². The van der Waals surface area contributed by atoms with Crippen molar-refractivity contribution in [1.82, 2.24) is 24.6 Å². The first-order chi connectivity index (χ1) is 16.9. The van der Waals surface area contributed by atoms with E-state index in [0.717, 1.165) is 27.7 Å². The lowest BCUT2D eigenvalue weighted by Crippen LogP contribution is -2.42. The number of hydrogen-bond acceptors (Lipinski definition) is 6. The van der Waals surface area contributed by atoms with Gasteiger partial charge in [0.1, 0.15) is 0 Å². The molecule has 1 fully saturated rings. The predicted molar refractivity (Wildman–Crippen MR) is 139 cm³/mol. The predicted octanol–water partition coefficient (Wildman–Crippen LogP) is 3.85. The number of thioether (sulfide) groups is 1. The fourth-order valence-corrected chi connectivity index (χ4v) is 7.26. The number of rotatable bonds is 7. The Morgan fingerprint density at radius 3 is 2.69 bits per heavy atom. The highest BCUT2D eigenvalue weighted by atomic mass is 32.2. The number of benzene rings is 2. The number of aryl methyl sites for hydroxylation is 1. The second-order valence-electron chi connectivity index (χ2n) is 8.70. The minimum Gasteiger partial charge on any atom is -0.360 e. The van der Waals surface area contributed by atoms with Crippen molar-refractivity contribution in [3.63, 3.8) is 0 Å². The molecule has 1 amide bonds. The summed E-state index contributed by atoms with van der Waals surface area (Å²) in [5.41, 5.74) is 3.95. The smallest absolute Gasteiger partial charge is 0.233 e. The van der Waals surface area contributed by atoms with E-state index in [1.165, 1.54) is 11.8 Å². The molecule has 1 N–H and O–H groups in total. The minimum atomic E-state index is -3.07. The molecule has 1 unspecified atom stereocenters. The second-order valence-corrected chi connectivity index (χ2v) is 11.9. The number of carbonyl (C=O) groups is 1. The van der Waals surface area contributed by atoms with Crippen LogP contribution in [0, 0.1) is 6.92 Å². The van der Waals surface area contributed by atoms with Gasteiger partial charge in [0.15, 0.2) is 20.8 Å². The highest BCUT2D eigenvalue weighted by Crippen LogP contribution is 2.33. The number of hydrogen-bond donors (Lipinski definition) is 1. The van der Waals surface area contributed by atoms with Gasteiger partial charge in [-0.25, -0.2) is 8.42 Å². The van der Waals surface area contributed by atoms with Crippen LogP contribution >= 0.6 is 11.8 Å². The van der Waals surface area contributed by atoms with E-state index in [0.29, 0.717) is 23.9 Å². The van der Waals surface area contributed by atoms with Crippen molar-refractivity contribution in [2.24, 2.45) is 0 Å². The number of aromatic amines is 1. The first-order valence-electron chi connectivity index (χ1n) is 11.6. The Balaban J connectivity index is 1.48. The van der Waals surface area contributed by atoms with Crippen LogP contribution in [0.3, 0.4) is 0 Å². The Kier molecular flexibility index (Phi) is 6.41. The SMILES string of the molecule is CCN(C(=O)CSc1nnc(-c2c[nH]c3ccccc23)n1-c1ccccc1C)C1CCS(=O)(=O)C1. The first-order valence-corrected chi connectivity index (χ1v) is 14.4. The highest BCUT2D eigenvalue weighted by Gasteiger charge is 2.34. The molecular weight excluding hydrogens is 482 g/mol. The Morgan fingerprint density at radius 1 is 1.17 bits per heavy atom.